The minimum Gasteiger partial charge on any atom is -0.343 e. The van der Waals surface area contributed by atoms with Crippen LogP contribution in [0.15, 0.2) is 0 Å². The molecule has 0 heterocycles. The third-order valence-corrected chi connectivity index (χ3v) is 0.854. The first-order valence-corrected chi connectivity index (χ1v) is 8.90. The van der Waals surface area contributed by atoms with Crippen molar-refractivity contribution >= 4 is 40.5 Å². The van der Waals surface area contributed by atoms with Crippen LogP contribution in [0.1, 0.15) is 32.6 Å². The summed E-state index contributed by atoms with van der Waals surface area (Å²) in [4.78, 5) is 0. The summed E-state index contributed by atoms with van der Waals surface area (Å²) < 4.78 is 47.9. The first-order chi connectivity index (χ1) is 6.91. The Morgan fingerprint density at radius 3 is 1.29 bits per heavy atom. The zero-order valence-corrected chi connectivity index (χ0v) is 13.3. The van der Waals surface area contributed by atoms with Crippen molar-refractivity contribution in [2.24, 2.45) is 0 Å². The third-order valence-electron chi connectivity index (χ3n) is 0.854. The van der Waals surface area contributed by atoms with E-state index in [0.717, 1.165) is 6.42 Å². The SMILES string of the molecule is O=S(O)(O)=S.O=S(O)(O)=S.[CH2-]CCCCC.[Ni]. The molecule has 0 saturated heterocycles. The largest absolute Gasteiger partial charge is 0.343 e. The molecule has 0 aliphatic rings. The van der Waals surface area contributed by atoms with E-state index in [0.29, 0.717) is 0 Å². The second-order valence-electron chi connectivity index (χ2n) is 2.46. The van der Waals surface area contributed by atoms with Crippen LogP contribution in [0.25, 0.3) is 0 Å². The molecule has 0 spiro atoms. The maximum absolute atomic E-state index is 9.11. The molecule has 0 unspecified atom stereocenters. The van der Waals surface area contributed by atoms with Gasteiger partial charge in [0.25, 0.3) is 18.1 Å². The van der Waals surface area contributed by atoms with Gasteiger partial charge in [0.1, 0.15) is 0 Å². The third kappa shape index (κ3) is 234. The van der Waals surface area contributed by atoms with Gasteiger partial charge in [0.05, 0.1) is 0 Å². The quantitative estimate of drug-likeness (QED) is 0.337. The van der Waals surface area contributed by atoms with Gasteiger partial charge >= 0.3 is 0 Å². The number of rotatable bonds is 3. The van der Waals surface area contributed by atoms with Gasteiger partial charge in [-0.2, -0.15) is 14.8 Å². The molecule has 0 radical (unpaired) electrons. The van der Waals surface area contributed by atoms with Crippen LogP contribution >= 0.6 is 0 Å². The van der Waals surface area contributed by atoms with Crippen molar-refractivity contribution in [2.75, 3.05) is 0 Å². The van der Waals surface area contributed by atoms with Gasteiger partial charge in [0.2, 0.25) is 0 Å². The summed E-state index contributed by atoms with van der Waals surface area (Å²) in [7, 11) is -7.67. The van der Waals surface area contributed by atoms with E-state index in [1.165, 1.54) is 19.3 Å². The van der Waals surface area contributed by atoms with E-state index in [1.54, 1.807) is 0 Å². The first-order valence-electron chi connectivity index (χ1n) is 4.10. The van der Waals surface area contributed by atoms with E-state index in [-0.39, 0.29) is 16.5 Å². The smallest absolute Gasteiger partial charge is 0.263 e. The summed E-state index contributed by atoms with van der Waals surface area (Å²) in [5, 5.41) is 0. The average molecular weight is 372 g/mol. The molecule has 0 aromatic rings. The minimum absolute atomic E-state index is 0. The Hall–Kier alpha value is 1.07. The zero-order chi connectivity index (χ0) is 13.8. The molecule has 0 saturated carbocycles. The van der Waals surface area contributed by atoms with E-state index in [1.807, 2.05) is 0 Å². The van der Waals surface area contributed by atoms with Crippen LogP contribution in [0.4, 0.5) is 0 Å². The van der Waals surface area contributed by atoms with Gasteiger partial charge in [-0.25, -0.2) is 0 Å². The van der Waals surface area contributed by atoms with Crippen molar-refractivity contribution in [1.29, 1.82) is 0 Å². The standard InChI is InChI=1S/C6H13.Ni.2H2O3S2/c1-3-5-6-4-2;;2*1-5(2,3)4/h1,3-6H2,2H3;;2*(H2,1,2,3,4)/q-1;;;. The zero-order valence-electron chi connectivity index (χ0n) is 9.09. The van der Waals surface area contributed by atoms with Gasteiger partial charge in [-0.3, -0.25) is 18.2 Å². The van der Waals surface area contributed by atoms with E-state index in [4.69, 9.17) is 26.6 Å². The van der Waals surface area contributed by atoms with Crippen LogP contribution in [0, 0.1) is 6.92 Å². The fraction of sp³-hybridized carbons (Fsp3) is 0.833. The van der Waals surface area contributed by atoms with Crippen LogP contribution in [0.2, 0.25) is 0 Å². The number of hydrogen-bond donors (Lipinski definition) is 4. The van der Waals surface area contributed by atoms with E-state index >= 15 is 0 Å². The first kappa shape index (κ1) is 26.6. The predicted octanol–water partition coefficient (Wildman–Crippen LogP) is 1.76. The van der Waals surface area contributed by atoms with Crippen LogP contribution in [0.3, 0.4) is 0 Å². The molecule has 0 rings (SSSR count). The summed E-state index contributed by atoms with van der Waals surface area (Å²) in [6.07, 6.45) is 5.07. The van der Waals surface area contributed by atoms with Crippen molar-refractivity contribution < 1.29 is 43.1 Å². The van der Waals surface area contributed by atoms with Crippen molar-refractivity contribution in [2.45, 2.75) is 32.6 Å². The van der Waals surface area contributed by atoms with E-state index < -0.39 is 18.1 Å². The molecule has 0 aliphatic carbocycles. The molecule has 112 valence electrons. The van der Waals surface area contributed by atoms with Crippen molar-refractivity contribution in [3.63, 3.8) is 0 Å². The molecular formula is C6H17NiO6S4-. The molecule has 6 nitrogen and oxygen atoms in total. The molecule has 11 heteroatoms. The van der Waals surface area contributed by atoms with Gasteiger partial charge in [-0.05, 0) is 0 Å². The second kappa shape index (κ2) is 15.1. The molecule has 0 aromatic carbocycles. The van der Waals surface area contributed by atoms with Gasteiger partial charge in [-0.1, -0.05) is 26.2 Å². The molecule has 0 aliphatic heterocycles. The summed E-state index contributed by atoms with van der Waals surface area (Å²) in [5.74, 6) is 0. The van der Waals surface area contributed by atoms with Gasteiger partial charge in [0, 0.05) is 38.9 Å². The Morgan fingerprint density at radius 1 is 1.00 bits per heavy atom. The van der Waals surface area contributed by atoms with Crippen LogP contribution in [-0.2, 0) is 57.0 Å². The van der Waals surface area contributed by atoms with Crippen LogP contribution < -0.4 is 0 Å². The van der Waals surface area contributed by atoms with Crippen molar-refractivity contribution in [3.05, 3.63) is 6.92 Å². The monoisotopic (exact) mass is 371 g/mol. The summed E-state index contributed by atoms with van der Waals surface area (Å²) in [6, 6.07) is 0. The van der Waals surface area contributed by atoms with Gasteiger partial charge in [0.15, 0.2) is 0 Å². The predicted molar refractivity (Wildman–Crippen MR) is 71.0 cm³/mol. The Balaban J connectivity index is -0.0000000729. The van der Waals surface area contributed by atoms with Crippen LogP contribution in [-0.4, -0.2) is 26.6 Å². The van der Waals surface area contributed by atoms with Crippen LogP contribution in [0.5, 0.6) is 0 Å². The average Bonchev–Trinajstić information content (AvgIpc) is 1.94. The molecule has 17 heavy (non-hydrogen) atoms. The fourth-order valence-electron chi connectivity index (χ4n) is 0.427. The Kier molecular flexibility index (Phi) is 23.7. The summed E-state index contributed by atoms with van der Waals surface area (Å²) in [5.41, 5.74) is 0. The summed E-state index contributed by atoms with van der Waals surface area (Å²) in [6.45, 7) is 5.93. The molecular weight excluding hydrogens is 355 g/mol. The molecule has 0 fully saturated rings. The minimum atomic E-state index is -3.83. The molecule has 0 atom stereocenters. The second-order valence-corrected chi connectivity index (χ2v) is 6.85. The maximum atomic E-state index is 9.11. The van der Waals surface area contributed by atoms with Gasteiger partial charge < -0.3 is 6.92 Å². The van der Waals surface area contributed by atoms with Crippen molar-refractivity contribution in [3.8, 4) is 0 Å². The molecule has 0 bridgehead atoms. The number of unbranched alkanes of at least 4 members (excludes halogenated alkanes) is 3. The molecule has 0 aromatic heterocycles. The maximum Gasteiger partial charge on any atom is 0.263 e. The van der Waals surface area contributed by atoms with Gasteiger partial charge in [-0.15, -0.1) is 0 Å². The fourth-order valence-corrected chi connectivity index (χ4v) is 0.427. The van der Waals surface area contributed by atoms with E-state index in [2.05, 4.69) is 36.2 Å². The Bertz CT molecular complexity index is 274. The summed E-state index contributed by atoms with van der Waals surface area (Å²) >= 11 is 6.93. The topological polar surface area (TPSA) is 115 Å². The Labute approximate surface area is 123 Å². The van der Waals surface area contributed by atoms with Crippen molar-refractivity contribution in [1.82, 2.24) is 0 Å². The molecule has 0 amide bonds. The van der Waals surface area contributed by atoms with E-state index in [9.17, 15) is 0 Å². The number of hydrogen-bond acceptors (Lipinski definition) is 4. The Morgan fingerprint density at radius 2 is 1.24 bits per heavy atom. The normalized spacial score (nSPS) is 10.0. The molecule has 4 N–H and O–H groups in total.